The molecule has 76 valence electrons. The molecule has 0 unspecified atom stereocenters. The summed E-state index contributed by atoms with van der Waals surface area (Å²) in [7, 11) is 0. The van der Waals surface area contributed by atoms with Crippen molar-refractivity contribution >= 4 is 33.3 Å². The fourth-order valence-electron chi connectivity index (χ4n) is 1.73. The largest absolute Gasteiger partial charge is 0.299 e. The van der Waals surface area contributed by atoms with Crippen molar-refractivity contribution in [2.24, 2.45) is 5.92 Å². The summed E-state index contributed by atoms with van der Waals surface area (Å²) in [5.74, 6) is -2.27. The lowest BCUT2D eigenvalue weighted by molar-refractivity contribution is -0.118. The van der Waals surface area contributed by atoms with Gasteiger partial charge in [-0.3, -0.25) is 14.4 Å². The van der Waals surface area contributed by atoms with Gasteiger partial charge < -0.3 is 0 Å². The second kappa shape index (κ2) is 3.38. The first kappa shape index (κ1) is 10.2. The highest BCUT2D eigenvalue weighted by molar-refractivity contribution is 9.10. The minimum absolute atomic E-state index is 0.342. The summed E-state index contributed by atoms with van der Waals surface area (Å²) in [5, 5.41) is 0. The van der Waals surface area contributed by atoms with Crippen molar-refractivity contribution in [2.45, 2.75) is 6.92 Å². The molecule has 0 saturated carbocycles. The summed E-state index contributed by atoms with van der Waals surface area (Å²) in [5.41, 5.74) is 0.693. The lowest BCUT2D eigenvalue weighted by Gasteiger charge is -1.98. The number of halogens is 1. The number of hydrogen-bond acceptors (Lipinski definition) is 3. The molecule has 0 heterocycles. The van der Waals surface area contributed by atoms with Gasteiger partial charge in [0.1, 0.15) is 11.7 Å². The maximum absolute atomic E-state index is 11.7. The van der Waals surface area contributed by atoms with Crippen molar-refractivity contribution in [3.8, 4) is 0 Å². The van der Waals surface area contributed by atoms with Gasteiger partial charge in [-0.1, -0.05) is 15.9 Å². The molecule has 0 aliphatic heterocycles. The van der Waals surface area contributed by atoms with Crippen LogP contribution in [0.5, 0.6) is 0 Å². The lowest BCUT2D eigenvalue weighted by atomic mass is 10.00. The maximum atomic E-state index is 11.7. The Morgan fingerprint density at radius 2 is 1.80 bits per heavy atom. The minimum Gasteiger partial charge on any atom is -0.299 e. The molecule has 3 nitrogen and oxygen atoms in total. The third kappa shape index (κ3) is 1.45. The molecule has 1 aliphatic rings. The molecule has 15 heavy (non-hydrogen) atoms. The topological polar surface area (TPSA) is 51.2 Å². The number of rotatable bonds is 1. The summed E-state index contributed by atoms with van der Waals surface area (Å²) in [6.45, 7) is 1.27. The molecule has 4 heteroatoms. The summed E-state index contributed by atoms with van der Waals surface area (Å²) < 4.78 is 0.728. The van der Waals surface area contributed by atoms with Gasteiger partial charge in [-0.2, -0.15) is 0 Å². The predicted octanol–water partition coefficient (Wildman–Crippen LogP) is 2.03. The Balaban J connectivity index is 2.60. The highest BCUT2D eigenvalue weighted by Crippen LogP contribution is 2.29. The van der Waals surface area contributed by atoms with Crippen LogP contribution in [0.2, 0.25) is 0 Å². The van der Waals surface area contributed by atoms with E-state index in [2.05, 4.69) is 15.9 Å². The Bertz CT molecular complexity index is 491. The van der Waals surface area contributed by atoms with Gasteiger partial charge in [0.15, 0.2) is 11.6 Å². The molecule has 0 amide bonds. The van der Waals surface area contributed by atoms with E-state index < -0.39 is 11.7 Å². The molecular formula is C11H7BrO3. The van der Waals surface area contributed by atoms with Crippen LogP contribution in [0.3, 0.4) is 0 Å². The number of benzene rings is 1. The fraction of sp³-hybridized carbons (Fsp3) is 0.182. The van der Waals surface area contributed by atoms with E-state index in [9.17, 15) is 14.4 Å². The molecule has 0 spiro atoms. The van der Waals surface area contributed by atoms with Crippen LogP contribution in [0.1, 0.15) is 27.6 Å². The van der Waals surface area contributed by atoms with Crippen LogP contribution in [0, 0.1) is 5.92 Å². The Morgan fingerprint density at radius 1 is 1.20 bits per heavy atom. The van der Waals surface area contributed by atoms with Crippen LogP contribution < -0.4 is 0 Å². The first-order valence-electron chi connectivity index (χ1n) is 4.41. The summed E-state index contributed by atoms with van der Waals surface area (Å²) in [6, 6.07) is 4.84. The zero-order valence-corrected chi connectivity index (χ0v) is 9.50. The van der Waals surface area contributed by atoms with E-state index in [0.717, 1.165) is 4.47 Å². The molecule has 0 aromatic heterocycles. The smallest absolute Gasteiger partial charge is 0.181 e. The van der Waals surface area contributed by atoms with E-state index in [1.54, 1.807) is 18.2 Å². The molecule has 0 saturated heterocycles. The van der Waals surface area contributed by atoms with Crippen molar-refractivity contribution in [3.63, 3.8) is 0 Å². The molecule has 1 aromatic carbocycles. The van der Waals surface area contributed by atoms with Crippen LogP contribution in [0.25, 0.3) is 0 Å². The normalized spacial score (nSPS) is 19.2. The molecule has 1 aromatic rings. The first-order chi connectivity index (χ1) is 7.02. The van der Waals surface area contributed by atoms with Gasteiger partial charge in [-0.25, -0.2) is 0 Å². The SMILES string of the molecule is CC(=O)[C@H]1C(=O)c2ccc(Br)cc2C1=O. The lowest BCUT2D eigenvalue weighted by Crippen LogP contribution is -2.22. The second-order valence-corrected chi connectivity index (χ2v) is 4.38. The number of carbonyl (C=O) groups is 3. The van der Waals surface area contributed by atoms with Crippen LogP contribution in [-0.2, 0) is 4.79 Å². The van der Waals surface area contributed by atoms with Crippen molar-refractivity contribution in [1.29, 1.82) is 0 Å². The third-order valence-electron chi connectivity index (χ3n) is 2.44. The summed E-state index contributed by atoms with van der Waals surface area (Å²) >= 11 is 3.22. The molecule has 0 fully saturated rings. The average Bonchev–Trinajstić information content (AvgIpc) is 2.39. The average molecular weight is 267 g/mol. The standard InChI is InChI=1S/C11H7BrO3/c1-5(13)9-10(14)7-3-2-6(12)4-8(7)11(9)15/h2-4,9H,1H3/t9-/m0/s1. The van der Waals surface area contributed by atoms with Gasteiger partial charge in [-0.15, -0.1) is 0 Å². The Labute approximate surface area is 94.6 Å². The summed E-state index contributed by atoms with van der Waals surface area (Å²) in [6.07, 6.45) is 0. The molecule has 0 N–H and O–H groups in total. The van der Waals surface area contributed by atoms with Crippen molar-refractivity contribution < 1.29 is 14.4 Å². The number of hydrogen-bond donors (Lipinski definition) is 0. The van der Waals surface area contributed by atoms with E-state index in [4.69, 9.17) is 0 Å². The first-order valence-corrected chi connectivity index (χ1v) is 5.20. The second-order valence-electron chi connectivity index (χ2n) is 3.46. The highest BCUT2D eigenvalue weighted by Gasteiger charge is 2.41. The van der Waals surface area contributed by atoms with Gasteiger partial charge in [0.25, 0.3) is 0 Å². The zero-order valence-electron chi connectivity index (χ0n) is 7.91. The van der Waals surface area contributed by atoms with Gasteiger partial charge in [0, 0.05) is 15.6 Å². The van der Waals surface area contributed by atoms with Gasteiger partial charge >= 0.3 is 0 Å². The predicted molar refractivity (Wildman–Crippen MR) is 57.0 cm³/mol. The molecule has 0 radical (unpaired) electrons. The highest BCUT2D eigenvalue weighted by atomic mass is 79.9. The molecular weight excluding hydrogens is 260 g/mol. The van der Waals surface area contributed by atoms with Crippen LogP contribution in [-0.4, -0.2) is 17.3 Å². The van der Waals surface area contributed by atoms with E-state index in [1.165, 1.54) is 6.92 Å². The number of carbonyl (C=O) groups excluding carboxylic acids is 3. The fourth-order valence-corrected chi connectivity index (χ4v) is 2.10. The zero-order chi connectivity index (χ0) is 11.2. The van der Waals surface area contributed by atoms with E-state index in [0.29, 0.717) is 11.1 Å². The van der Waals surface area contributed by atoms with Gasteiger partial charge in [-0.05, 0) is 25.1 Å². The van der Waals surface area contributed by atoms with Crippen LogP contribution >= 0.6 is 15.9 Å². The van der Waals surface area contributed by atoms with Gasteiger partial charge in [0.05, 0.1) is 0 Å². The van der Waals surface area contributed by atoms with Crippen molar-refractivity contribution in [3.05, 3.63) is 33.8 Å². The number of ketones is 3. The van der Waals surface area contributed by atoms with Crippen molar-refractivity contribution in [1.82, 2.24) is 0 Å². The van der Waals surface area contributed by atoms with Crippen molar-refractivity contribution in [2.75, 3.05) is 0 Å². The monoisotopic (exact) mass is 266 g/mol. The number of Topliss-reactive ketones (excluding diaryl/α,β-unsaturated/α-hetero) is 3. The molecule has 0 bridgehead atoms. The minimum atomic E-state index is -1.12. The Kier molecular flexibility index (Phi) is 2.31. The van der Waals surface area contributed by atoms with Crippen LogP contribution in [0.4, 0.5) is 0 Å². The van der Waals surface area contributed by atoms with E-state index in [-0.39, 0.29) is 11.6 Å². The Hall–Kier alpha value is -1.29. The van der Waals surface area contributed by atoms with Gasteiger partial charge in [0.2, 0.25) is 0 Å². The maximum Gasteiger partial charge on any atom is 0.181 e. The third-order valence-corrected chi connectivity index (χ3v) is 2.94. The molecule has 2 rings (SSSR count). The van der Waals surface area contributed by atoms with E-state index in [1.807, 2.05) is 0 Å². The molecule has 1 aliphatic carbocycles. The molecule has 1 atom stereocenters. The summed E-state index contributed by atoms with van der Waals surface area (Å²) in [4.78, 5) is 34.6. The van der Waals surface area contributed by atoms with E-state index >= 15 is 0 Å². The Morgan fingerprint density at radius 3 is 2.40 bits per heavy atom. The van der Waals surface area contributed by atoms with Crippen LogP contribution in [0.15, 0.2) is 22.7 Å². The number of fused-ring (bicyclic) bond motifs is 1. The quantitative estimate of drug-likeness (QED) is 0.731.